The van der Waals surface area contributed by atoms with Crippen LogP contribution in [0.15, 0.2) is 35.2 Å². The fourth-order valence-corrected chi connectivity index (χ4v) is 3.92. The minimum absolute atomic E-state index is 0. The molecule has 24 heavy (non-hydrogen) atoms. The number of likely N-dealkylation sites (tertiary alicyclic amines) is 1. The Bertz CT molecular complexity index is 619. The van der Waals surface area contributed by atoms with Gasteiger partial charge in [-0.2, -0.15) is 0 Å². The zero-order valence-electron chi connectivity index (χ0n) is 13.6. The van der Waals surface area contributed by atoms with Crippen LogP contribution in [0.2, 0.25) is 0 Å². The van der Waals surface area contributed by atoms with Crippen LogP contribution in [0.4, 0.5) is 0 Å². The lowest BCUT2D eigenvalue weighted by atomic mass is 10.1. The van der Waals surface area contributed by atoms with E-state index < -0.39 is 16.1 Å². The molecule has 1 atom stereocenters. The number of nitrogens with one attached hydrogen (secondary N) is 1. The van der Waals surface area contributed by atoms with Gasteiger partial charge in [-0.15, -0.1) is 12.4 Å². The lowest BCUT2D eigenvalue weighted by molar-refractivity contribution is -0.134. The van der Waals surface area contributed by atoms with E-state index in [-0.39, 0.29) is 35.9 Å². The molecule has 1 aromatic rings. The van der Waals surface area contributed by atoms with Crippen molar-refractivity contribution in [3.8, 4) is 0 Å². The van der Waals surface area contributed by atoms with E-state index in [0.29, 0.717) is 25.9 Å². The largest absolute Gasteiger partial charge is 0.383 e. The van der Waals surface area contributed by atoms with Gasteiger partial charge in [0.05, 0.1) is 11.5 Å². The molecule has 0 aromatic heterocycles. The number of amides is 1. The van der Waals surface area contributed by atoms with Crippen LogP contribution in [0.5, 0.6) is 0 Å². The SMILES string of the molecule is COCC(N)C(=O)N1CCC(NS(=O)(=O)c2ccccc2)CC1.Cl. The van der Waals surface area contributed by atoms with Crippen molar-refractivity contribution in [3.05, 3.63) is 30.3 Å². The molecule has 2 rings (SSSR count). The number of nitrogens with two attached hydrogens (primary N) is 1. The first-order valence-corrected chi connectivity index (χ1v) is 9.03. The van der Waals surface area contributed by atoms with Gasteiger partial charge >= 0.3 is 0 Å². The second-order valence-electron chi connectivity index (χ2n) is 5.60. The van der Waals surface area contributed by atoms with E-state index in [0.717, 1.165) is 0 Å². The third kappa shape index (κ3) is 5.42. The van der Waals surface area contributed by atoms with Crippen molar-refractivity contribution in [1.29, 1.82) is 0 Å². The summed E-state index contributed by atoms with van der Waals surface area (Å²) in [7, 11) is -2.02. The van der Waals surface area contributed by atoms with E-state index >= 15 is 0 Å². The van der Waals surface area contributed by atoms with E-state index in [2.05, 4.69) is 4.72 Å². The van der Waals surface area contributed by atoms with E-state index in [4.69, 9.17) is 10.5 Å². The van der Waals surface area contributed by atoms with Crippen molar-refractivity contribution < 1.29 is 17.9 Å². The summed E-state index contributed by atoms with van der Waals surface area (Å²) in [6.45, 7) is 1.15. The number of piperidine rings is 1. The van der Waals surface area contributed by atoms with Crippen molar-refractivity contribution >= 4 is 28.3 Å². The Morgan fingerprint density at radius 1 is 1.33 bits per heavy atom. The van der Waals surface area contributed by atoms with Crippen molar-refractivity contribution in [2.24, 2.45) is 5.73 Å². The highest BCUT2D eigenvalue weighted by atomic mass is 35.5. The maximum Gasteiger partial charge on any atom is 0.241 e. The van der Waals surface area contributed by atoms with Crippen molar-refractivity contribution in [1.82, 2.24) is 9.62 Å². The number of rotatable bonds is 6. The molecular weight excluding hydrogens is 354 g/mol. The molecule has 0 saturated carbocycles. The molecule has 0 bridgehead atoms. The van der Waals surface area contributed by atoms with Crippen molar-refractivity contribution in [2.45, 2.75) is 29.8 Å². The van der Waals surface area contributed by atoms with Gasteiger partial charge in [0.15, 0.2) is 0 Å². The lowest BCUT2D eigenvalue weighted by Gasteiger charge is -2.33. The Kier molecular flexibility index (Phi) is 8.11. The molecule has 7 nitrogen and oxygen atoms in total. The van der Waals surface area contributed by atoms with Gasteiger partial charge in [0.2, 0.25) is 15.9 Å². The van der Waals surface area contributed by atoms with Crippen LogP contribution < -0.4 is 10.5 Å². The molecule has 0 aliphatic carbocycles. The summed E-state index contributed by atoms with van der Waals surface area (Å²) in [5.41, 5.74) is 5.74. The van der Waals surface area contributed by atoms with Crippen LogP contribution in [0, 0.1) is 0 Å². The number of nitrogens with zero attached hydrogens (tertiary/aromatic N) is 1. The van der Waals surface area contributed by atoms with Crippen LogP contribution >= 0.6 is 12.4 Å². The number of carbonyl (C=O) groups excluding carboxylic acids is 1. The smallest absolute Gasteiger partial charge is 0.241 e. The fraction of sp³-hybridized carbons (Fsp3) is 0.533. The van der Waals surface area contributed by atoms with Crippen LogP contribution in [0.1, 0.15) is 12.8 Å². The summed E-state index contributed by atoms with van der Waals surface area (Å²) in [5.74, 6) is -0.156. The van der Waals surface area contributed by atoms with E-state index in [1.165, 1.54) is 7.11 Å². The molecule has 1 aliphatic heterocycles. The first-order valence-electron chi connectivity index (χ1n) is 7.54. The summed E-state index contributed by atoms with van der Waals surface area (Å²) in [5, 5.41) is 0. The quantitative estimate of drug-likeness (QED) is 0.744. The Morgan fingerprint density at radius 2 is 1.92 bits per heavy atom. The van der Waals surface area contributed by atoms with Gasteiger partial charge in [-0.05, 0) is 25.0 Å². The number of ether oxygens (including phenoxy) is 1. The first kappa shape index (κ1) is 20.9. The minimum atomic E-state index is -3.52. The topological polar surface area (TPSA) is 102 Å². The number of hydrogen-bond acceptors (Lipinski definition) is 5. The molecule has 136 valence electrons. The highest BCUT2D eigenvalue weighted by Gasteiger charge is 2.28. The van der Waals surface area contributed by atoms with Crippen LogP contribution in [-0.2, 0) is 19.6 Å². The molecule has 0 spiro atoms. The average Bonchev–Trinajstić information content (AvgIpc) is 2.55. The molecule has 3 N–H and O–H groups in total. The van der Waals surface area contributed by atoms with E-state index in [9.17, 15) is 13.2 Å². The standard InChI is InChI=1S/C15H23N3O4S.ClH/c1-22-11-14(16)15(19)18-9-7-12(8-10-18)17-23(20,21)13-5-3-2-4-6-13;/h2-6,12,14,17H,7-11,16H2,1H3;1H. The third-order valence-electron chi connectivity index (χ3n) is 3.85. The average molecular weight is 378 g/mol. The Hall–Kier alpha value is -1.19. The Labute approximate surface area is 149 Å². The normalized spacial score (nSPS) is 17.2. The number of carbonyl (C=O) groups is 1. The van der Waals surface area contributed by atoms with Crippen molar-refractivity contribution in [3.63, 3.8) is 0 Å². The summed E-state index contributed by atoms with van der Waals surface area (Å²) >= 11 is 0. The first-order chi connectivity index (χ1) is 10.9. The van der Waals surface area contributed by atoms with Crippen LogP contribution in [0.25, 0.3) is 0 Å². The second-order valence-corrected chi connectivity index (χ2v) is 7.31. The van der Waals surface area contributed by atoms with E-state index in [1.54, 1.807) is 35.2 Å². The summed E-state index contributed by atoms with van der Waals surface area (Å²) in [6, 6.07) is 7.42. The molecule has 1 amide bonds. The molecule has 9 heteroatoms. The van der Waals surface area contributed by atoms with E-state index in [1.807, 2.05) is 0 Å². The van der Waals surface area contributed by atoms with Gasteiger partial charge in [0, 0.05) is 26.2 Å². The Morgan fingerprint density at radius 3 is 2.46 bits per heavy atom. The summed E-state index contributed by atoms with van der Waals surface area (Å²) in [4.78, 5) is 14.0. The maximum absolute atomic E-state index is 12.3. The number of hydrogen-bond donors (Lipinski definition) is 2. The second kappa shape index (κ2) is 9.33. The summed E-state index contributed by atoms with van der Waals surface area (Å²) in [6.07, 6.45) is 1.13. The van der Waals surface area contributed by atoms with Crippen molar-refractivity contribution in [2.75, 3.05) is 26.8 Å². The highest BCUT2D eigenvalue weighted by molar-refractivity contribution is 7.89. The van der Waals surface area contributed by atoms with Gasteiger partial charge in [0.25, 0.3) is 0 Å². The molecule has 1 unspecified atom stereocenters. The van der Waals surface area contributed by atoms with Gasteiger partial charge in [-0.3, -0.25) is 4.79 Å². The molecule has 1 aliphatic rings. The predicted octanol–water partition coefficient (Wildman–Crippen LogP) is 0.351. The summed E-state index contributed by atoms with van der Waals surface area (Å²) < 4.78 is 32.2. The van der Waals surface area contributed by atoms with Crippen LogP contribution in [-0.4, -0.2) is 58.1 Å². The molecule has 1 aromatic carbocycles. The predicted molar refractivity (Wildman–Crippen MR) is 93.5 cm³/mol. The molecule has 1 saturated heterocycles. The Balaban J connectivity index is 0.00000288. The van der Waals surface area contributed by atoms with Gasteiger partial charge in [-0.25, -0.2) is 13.1 Å². The zero-order chi connectivity index (χ0) is 16.9. The number of halogens is 1. The fourth-order valence-electron chi connectivity index (χ4n) is 2.59. The molecular formula is C15H24ClN3O4S. The third-order valence-corrected chi connectivity index (χ3v) is 5.38. The number of sulfonamides is 1. The van der Waals surface area contributed by atoms with Crippen LogP contribution in [0.3, 0.4) is 0 Å². The van der Waals surface area contributed by atoms with Gasteiger partial charge < -0.3 is 15.4 Å². The minimum Gasteiger partial charge on any atom is -0.383 e. The lowest BCUT2D eigenvalue weighted by Crippen LogP contribution is -2.52. The zero-order valence-corrected chi connectivity index (χ0v) is 15.2. The highest BCUT2D eigenvalue weighted by Crippen LogP contribution is 2.15. The molecule has 1 fully saturated rings. The number of methoxy groups -OCH3 is 1. The number of benzene rings is 1. The molecule has 1 heterocycles. The monoisotopic (exact) mass is 377 g/mol. The molecule has 0 radical (unpaired) electrons. The maximum atomic E-state index is 12.3. The van der Waals surface area contributed by atoms with Gasteiger partial charge in [-0.1, -0.05) is 18.2 Å². The van der Waals surface area contributed by atoms with Gasteiger partial charge in [0.1, 0.15) is 6.04 Å².